The van der Waals surface area contributed by atoms with Crippen LogP contribution in [0.4, 0.5) is 0 Å². The van der Waals surface area contributed by atoms with E-state index in [1.165, 1.54) is 13.1 Å². The molecule has 0 bridgehead atoms. The lowest BCUT2D eigenvalue weighted by Gasteiger charge is -2.01. The van der Waals surface area contributed by atoms with E-state index < -0.39 is 5.03 Å². The van der Waals surface area contributed by atoms with Crippen LogP contribution in [0.15, 0.2) is 12.7 Å². The van der Waals surface area contributed by atoms with E-state index >= 15 is 0 Å². The topological polar surface area (TPSA) is 46.4 Å². The van der Waals surface area contributed by atoms with Crippen molar-refractivity contribution in [2.45, 2.75) is 0 Å². The fraction of sp³-hybridized carbons (Fsp3) is 0.500. The van der Waals surface area contributed by atoms with Gasteiger partial charge in [-0.15, -0.1) is 11.6 Å². The molecule has 0 heterocycles. The van der Waals surface area contributed by atoms with Gasteiger partial charge in [0.2, 0.25) is 0 Å². The minimum atomic E-state index is -0.484. The van der Waals surface area contributed by atoms with Gasteiger partial charge in [0.1, 0.15) is 0 Å². The van der Waals surface area contributed by atoms with Gasteiger partial charge in [-0.25, -0.2) is 10.1 Å². The maximum absolute atomic E-state index is 9.77. The van der Waals surface area contributed by atoms with Crippen molar-refractivity contribution >= 4 is 0 Å². The molecule has 0 spiro atoms. The Labute approximate surface area is 47.5 Å². The van der Waals surface area contributed by atoms with E-state index in [4.69, 9.17) is 0 Å². The fourth-order valence-corrected chi connectivity index (χ4v) is 0.254. The number of nitro groups is 1. The molecule has 0 aliphatic rings. The van der Waals surface area contributed by atoms with Crippen molar-refractivity contribution in [2.75, 3.05) is 13.6 Å². The molecular formula is C4H8N2O2. The summed E-state index contributed by atoms with van der Waals surface area (Å²) in [6.45, 7) is 3.62. The molecule has 0 unspecified atom stereocenters. The second-order valence-electron chi connectivity index (χ2n) is 1.37. The zero-order valence-electron chi connectivity index (χ0n) is 4.70. The number of likely N-dealkylation sites (N-methyl/N-ethyl adjacent to an activating group) is 1. The van der Waals surface area contributed by atoms with Crippen LogP contribution in [0.3, 0.4) is 0 Å². The lowest BCUT2D eigenvalue weighted by molar-refractivity contribution is -0.646. The zero-order valence-corrected chi connectivity index (χ0v) is 4.70. The zero-order chi connectivity index (χ0) is 6.57. The van der Waals surface area contributed by atoms with Gasteiger partial charge in [-0.1, -0.05) is 6.08 Å². The van der Waals surface area contributed by atoms with Crippen LogP contribution in [0.2, 0.25) is 0 Å². The van der Waals surface area contributed by atoms with E-state index in [1.807, 2.05) is 0 Å². The molecule has 0 aliphatic carbocycles. The molecule has 4 heteroatoms. The highest BCUT2D eigenvalue weighted by Gasteiger charge is 2.00. The van der Waals surface area contributed by atoms with Gasteiger partial charge in [-0.05, 0) is 0 Å². The second-order valence-corrected chi connectivity index (χ2v) is 1.37. The van der Waals surface area contributed by atoms with Gasteiger partial charge in [0.15, 0.2) is 5.03 Å². The first kappa shape index (κ1) is 6.94. The lowest BCUT2D eigenvalue weighted by atomic mass is 10.6. The predicted molar refractivity (Wildman–Crippen MR) is 29.8 cm³/mol. The van der Waals surface area contributed by atoms with Crippen LogP contribution >= 0.6 is 0 Å². The Morgan fingerprint density at radius 1 is 2.00 bits per heavy atom. The minimum Gasteiger partial charge on any atom is -0.235 e. The Morgan fingerprint density at radius 2 is 2.50 bits per heavy atom. The van der Waals surface area contributed by atoms with Gasteiger partial charge >= 0.3 is 0 Å². The van der Waals surface area contributed by atoms with Gasteiger partial charge < -0.3 is 0 Å². The van der Waals surface area contributed by atoms with Gasteiger partial charge in [0, 0.05) is 0 Å². The van der Waals surface area contributed by atoms with Gasteiger partial charge in [0.05, 0.1) is 13.6 Å². The molecule has 4 nitrogen and oxygen atoms in total. The normalized spacial score (nSPS) is 8.12. The van der Waals surface area contributed by atoms with E-state index in [0.717, 1.165) is 5.01 Å². The molecule has 0 amide bonds. The van der Waals surface area contributed by atoms with E-state index in [1.54, 1.807) is 0 Å². The number of rotatable bonds is 3. The van der Waals surface area contributed by atoms with Crippen molar-refractivity contribution in [1.82, 2.24) is 5.01 Å². The highest BCUT2D eigenvalue weighted by Crippen LogP contribution is 1.79. The summed E-state index contributed by atoms with van der Waals surface area (Å²) in [5.41, 5.74) is 0. The van der Waals surface area contributed by atoms with Crippen molar-refractivity contribution in [3.8, 4) is 0 Å². The first-order valence-corrected chi connectivity index (χ1v) is 2.15. The quantitative estimate of drug-likeness (QED) is 0.302. The van der Waals surface area contributed by atoms with E-state index in [2.05, 4.69) is 6.58 Å². The summed E-state index contributed by atoms with van der Waals surface area (Å²) in [7, 11) is 1.39. The summed E-state index contributed by atoms with van der Waals surface area (Å²) in [4.78, 5) is 9.77. The molecule has 46 valence electrons. The molecule has 0 fully saturated rings. The van der Waals surface area contributed by atoms with E-state index in [0.29, 0.717) is 0 Å². The van der Waals surface area contributed by atoms with Crippen LogP contribution < -0.4 is 0 Å². The molecule has 0 radical (unpaired) electrons. The summed E-state index contributed by atoms with van der Waals surface area (Å²) in [5, 5.41) is 10.2. The molecule has 0 saturated carbocycles. The number of nitrogens with zero attached hydrogens (tertiary/aromatic N) is 2. The average Bonchev–Trinajstić information content (AvgIpc) is 1.67. The Kier molecular flexibility index (Phi) is 2.61. The summed E-state index contributed by atoms with van der Waals surface area (Å²) >= 11 is 0. The fourth-order valence-electron chi connectivity index (χ4n) is 0.254. The molecule has 0 aromatic rings. The summed E-state index contributed by atoms with van der Waals surface area (Å²) in [5.74, 6) is 0. The van der Waals surface area contributed by atoms with Crippen LogP contribution in [0.5, 0.6) is 0 Å². The molecule has 0 N–H and O–H groups in total. The van der Waals surface area contributed by atoms with E-state index in [-0.39, 0.29) is 6.54 Å². The van der Waals surface area contributed by atoms with Crippen LogP contribution in [-0.2, 0) is 0 Å². The average molecular weight is 116 g/mol. The maximum atomic E-state index is 9.77. The number of hydrogen-bond acceptors (Lipinski definition) is 2. The second kappa shape index (κ2) is 3.01. The molecule has 0 aromatic heterocycles. The third-order valence-electron chi connectivity index (χ3n) is 0.672. The van der Waals surface area contributed by atoms with Gasteiger partial charge in [-0.2, -0.15) is 0 Å². The number of hydrazine groups is 1. The first-order chi connectivity index (χ1) is 3.68. The highest BCUT2D eigenvalue weighted by molar-refractivity contribution is 4.66. The summed E-state index contributed by atoms with van der Waals surface area (Å²) in [6.07, 6.45) is 1.48. The van der Waals surface area contributed by atoms with Crippen molar-refractivity contribution < 1.29 is 5.03 Å². The molecule has 8 heavy (non-hydrogen) atoms. The Hall–Kier alpha value is -1.06. The molecular weight excluding hydrogens is 108 g/mol. The third kappa shape index (κ3) is 2.17. The van der Waals surface area contributed by atoms with Crippen LogP contribution in [0, 0.1) is 10.1 Å². The molecule has 0 aliphatic heterocycles. The van der Waals surface area contributed by atoms with Gasteiger partial charge in [0.25, 0.3) is 0 Å². The van der Waals surface area contributed by atoms with Crippen LogP contribution in [0.25, 0.3) is 0 Å². The molecule has 0 saturated heterocycles. The minimum absolute atomic E-state index is 0.285. The van der Waals surface area contributed by atoms with Crippen molar-refractivity contribution in [2.24, 2.45) is 0 Å². The molecule has 0 atom stereocenters. The lowest BCUT2D eigenvalue weighted by Crippen LogP contribution is -2.24. The third-order valence-corrected chi connectivity index (χ3v) is 0.672. The predicted octanol–water partition coefficient (Wildman–Crippen LogP) is 0.296. The largest absolute Gasteiger partial charge is 0.235 e. The van der Waals surface area contributed by atoms with Gasteiger partial charge in [-0.3, -0.25) is 0 Å². The van der Waals surface area contributed by atoms with Crippen LogP contribution in [-0.4, -0.2) is 23.6 Å². The SMILES string of the molecule is C=CCN(C)[N+](=O)[O-]. The first-order valence-electron chi connectivity index (χ1n) is 2.15. The van der Waals surface area contributed by atoms with E-state index in [9.17, 15) is 10.1 Å². The Balaban J connectivity index is 3.46. The monoisotopic (exact) mass is 116 g/mol. The molecule has 0 aromatic carbocycles. The smallest absolute Gasteiger partial charge is 0.160 e. The van der Waals surface area contributed by atoms with Crippen molar-refractivity contribution in [3.63, 3.8) is 0 Å². The Bertz CT molecular complexity index is 102. The Morgan fingerprint density at radius 3 is 2.62 bits per heavy atom. The number of hydrogen-bond donors (Lipinski definition) is 0. The summed E-state index contributed by atoms with van der Waals surface area (Å²) in [6, 6.07) is 0. The standard InChI is InChI=1S/C4H8N2O2/c1-3-4-5(2)6(7)8/h3H,1,4H2,2H3. The maximum Gasteiger partial charge on any atom is 0.160 e. The molecule has 0 rings (SSSR count). The highest BCUT2D eigenvalue weighted by atomic mass is 16.7. The van der Waals surface area contributed by atoms with Crippen LogP contribution in [0.1, 0.15) is 0 Å². The van der Waals surface area contributed by atoms with Crippen molar-refractivity contribution in [3.05, 3.63) is 22.8 Å². The van der Waals surface area contributed by atoms with Crippen molar-refractivity contribution in [1.29, 1.82) is 0 Å². The summed E-state index contributed by atoms with van der Waals surface area (Å²) < 4.78 is 0.